The van der Waals surface area contributed by atoms with Crippen LogP contribution in [0.1, 0.15) is 24.0 Å². The highest BCUT2D eigenvalue weighted by molar-refractivity contribution is 9.10. The van der Waals surface area contributed by atoms with E-state index in [9.17, 15) is 27.6 Å². The van der Waals surface area contributed by atoms with Crippen molar-refractivity contribution in [1.29, 1.82) is 0 Å². The maximum absolute atomic E-state index is 14.9. The van der Waals surface area contributed by atoms with Crippen LogP contribution in [-0.2, 0) is 20.9 Å². The third-order valence-corrected chi connectivity index (χ3v) is 5.80. The third-order valence-electron chi connectivity index (χ3n) is 5.29. The standard InChI is InChI=1S/C21H19BrF3N3O4/c1-11-15(17(29)18(26)30)16-13(28(11)10-12-6-3-2-4-7-12)8-5-9-14(16)32-20(23,19(27)31)21(22,24)25/h2-9,11,15H,10H2,1H3,(H2,26,30)(H2,27,31). The number of carbonyl (C=O) groups excluding carboxylic acids is 3. The second-order valence-electron chi connectivity index (χ2n) is 7.31. The largest absolute Gasteiger partial charge is 0.444 e. The van der Waals surface area contributed by atoms with Crippen LogP contribution in [0, 0.1) is 0 Å². The molecule has 1 heterocycles. The van der Waals surface area contributed by atoms with Crippen LogP contribution in [0.3, 0.4) is 0 Å². The number of alkyl halides is 4. The summed E-state index contributed by atoms with van der Waals surface area (Å²) in [7, 11) is 0. The number of amides is 2. The molecule has 11 heteroatoms. The lowest BCUT2D eigenvalue weighted by molar-refractivity contribution is -0.191. The smallest absolute Gasteiger partial charge is 0.400 e. The van der Waals surface area contributed by atoms with Crippen molar-refractivity contribution in [3.8, 4) is 5.75 Å². The van der Waals surface area contributed by atoms with E-state index < -0.39 is 46.0 Å². The number of hydrogen-bond donors (Lipinski definition) is 2. The van der Waals surface area contributed by atoms with E-state index >= 15 is 0 Å². The Morgan fingerprint density at radius 1 is 1.06 bits per heavy atom. The molecule has 0 saturated heterocycles. The molecule has 2 amide bonds. The topological polar surface area (TPSA) is 116 Å². The van der Waals surface area contributed by atoms with Crippen molar-refractivity contribution in [3.05, 3.63) is 59.7 Å². The quantitative estimate of drug-likeness (QED) is 0.415. The van der Waals surface area contributed by atoms with Crippen molar-refractivity contribution >= 4 is 39.2 Å². The molecule has 0 spiro atoms. The Labute approximate surface area is 189 Å². The van der Waals surface area contributed by atoms with Crippen molar-refractivity contribution in [2.24, 2.45) is 11.5 Å². The molecular formula is C21H19BrF3N3O4. The fourth-order valence-corrected chi connectivity index (χ4v) is 4.01. The molecule has 170 valence electrons. The number of fused-ring (bicyclic) bond motifs is 1. The molecule has 2 aromatic rings. The van der Waals surface area contributed by atoms with Gasteiger partial charge >= 0.3 is 16.6 Å². The summed E-state index contributed by atoms with van der Waals surface area (Å²) in [6.45, 7) is 1.92. The SMILES string of the molecule is CC1C(C(=O)C(N)=O)c2c(OC(F)(C(N)=O)C(F)(F)Br)cccc2N1Cc1ccccc1. The monoisotopic (exact) mass is 513 g/mol. The molecule has 1 aliphatic heterocycles. The number of primary amides is 2. The van der Waals surface area contributed by atoms with E-state index in [2.05, 4.69) is 0 Å². The van der Waals surface area contributed by atoms with Crippen LogP contribution >= 0.6 is 15.9 Å². The lowest BCUT2D eigenvalue weighted by Gasteiger charge is -2.28. The van der Waals surface area contributed by atoms with E-state index in [1.54, 1.807) is 33.8 Å². The molecule has 1 aliphatic rings. The Kier molecular flexibility index (Phi) is 6.23. The van der Waals surface area contributed by atoms with Crippen LogP contribution in [-0.4, -0.2) is 34.3 Å². The minimum Gasteiger partial charge on any atom is -0.444 e. The number of benzene rings is 2. The lowest BCUT2D eigenvalue weighted by atomic mass is 9.90. The van der Waals surface area contributed by atoms with Crippen molar-refractivity contribution in [2.45, 2.75) is 36.1 Å². The Hall–Kier alpha value is -3.08. The van der Waals surface area contributed by atoms with Gasteiger partial charge in [0.15, 0.2) is 0 Å². The van der Waals surface area contributed by atoms with Gasteiger partial charge in [-0.15, -0.1) is 0 Å². The first kappa shape index (κ1) is 23.6. The van der Waals surface area contributed by atoms with E-state index in [1.807, 2.05) is 30.3 Å². The Balaban J connectivity index is 2.15. The third kappa shape index (κ3) is 4.04. The van der Waals surface area contributed by atoms with E-state index in [1.165, 1.54) is 6.07 Å². The van der Waals surface area contributed by atoms with Gasteiger partial charge in [-0.2, -0.15) is 13.2 Å². The van der Waals surface area contributed by atoms with Gasteiger partial charge in [0.05, 0.1) is 5.92 Å². The van der Waals surface area contributed by atoms with Gasteiger partial charge in [0.1, 0.15) is 5.75 Å². The Morgan fingerprint density at radius 3 is 2.22 bits per heavy atom. The van der Waals surface area contributed by atoms with Crippen molar-refractivity contribution < 1.29 is 32.3 Å². The van der Waals surface area contributed by atoms with Crippen molar-refractivity contribution in [1.82, 2.24) is 0 Å². The second kappa shape index (κ2) is 8.45. The van der Waals surface area contributed by atoms with Gasteiger partial charge in [-0.1, -0.05) is 36.4 Å². The molecule has 3 atom stereocenters. The number of hydrogen-bond acceptors (Lipinski definition) is 5. The molecule has 3 unspecified atom stereocenters. The summed E-state index contributed by atoms with van der Waals surface area (Å²) >= 11 is 1.79. The summed E-state index contributed by atoms with van der Waals surface area (Å²) in [6.07, 6.45) is 0. The zero-order chi connectivity index (χ0) is 23.8. The summed E-state index contributed by atoms with van der Waals surface area (Å²) in [5, 5.41) is 0. The summed E-state index contributed by atoms with van der Waals surface area (Å²) in [6, 6.07) is 12.5. The minimum atomic E-state index is -4.48. The van der Waals surface area contributed by atoms with Gasteiger partial charge in [0, 0.05) is 23.8 Å². The number of carbonyl (C=O) groups is 3. The molecule has 0 radical (unpaired) electrons. The molecule has 0 fully saturated rings. The number of anilines is 1. The predicted octanol–water partition coefficient (Wildman–Crippen LogP) is 2.75. The van der Waals surface area contributed by atoms with E-state index in [0.717, 1.165) is 11.6 Å². The molecule has 0 bridgehead atoms. The van der Waals surface area contributed by atoms with Gasteiger partial charge in [0.2, 0.25) is 5.78 Å². The van der Waals surface area contributed by atoms with E-state index in [0.29, 0.717) is 5.69 Å². The summed E-state index contributed by atoms with van der Waals surface area (Å²) in [5.74, 6) is -10.4. The average Bonchev–Trinajstić information content (AvgIpc) is 2.99. The van der Waals surface area contributed by atoms with E-state index in [4.69, 9.17) is 16.2 Å². The predicted molar refractivity (Wildman–Crippen MR) is 113 cm³/mol. The molecule has 7 nitrogen and oxygen atoms in total. The van der Waals surface area contributed by atoms with Crippen LogP contribution in [0.5, 0.6) is 5.75 Å². The van der Waals surface area contributed by atoms with Crippen LogP contribution in [0.4, 0.5) is 18.9 Å². The highest BCUT2D eigenvalue weighted by Gasteiger charge is 2.62. The highest BCUT2D eigenvalue weighted by atomic mass is 79.9. The van der Waals surface area contributed by atoms with Crippen LogP contribution < -0.4 is 21.1 Å². The number of nitrogens with two attached hydrogens (primary N) is 2. The molecule has 32 heavy (non-hydrogen) atoms. The molecular weight excluding hydrogens is 495 g/mol. The second-order valence-corrected chi connectivity index (χ2v) is 8.30. The van der Waals surface area contributed by atoms with Crippen LogP contribution in [0.2, 0.25) is 0 Å². The van der Waals surface area contributed by atoms with Crippen molar-refractivity contribution in [3.63, 3.8) is 0 Å². The number of Topliss-reactive ketones (excluding diaryl/α,β-unsaturated/α-hetero) is 1. The summed E-state index contributed by atoms with van der Waals surface area (Å²) in [4.78, 5) is 33.2. The van der Waals surface area contributed by atoms with Gasteiger partial charge in [-0.05, 0) is 40.5 Å². The minimum absolute atomic E-state index is 0.0419. The molecule has 0 aromatic heterocycles. The van der Waals surface area contributed by atoms with Gasteiger partial charge < -0.3 is 21.1 Å². The summed E-state index contributed by atoms with van der Waals surface area (Å²) < 4.78 is 47.4. The Morgan fingerprint density at radius 2 is 1.69 bits per heavy atom. The van der Waals surface area contributed by atoms with Gasteiger partial charge in [-0.25, -0.2) is 0 Å². The van der Waals surface area contributed by atoms with Crippen LogP contribution in [0.15, 0.2) is 48.5 Å². The average molecular weight is 514 g/mol. The number of halogens is 4. The van der Waals surface area contributed by atoms with Gasteiger partial charge in [-0.3, -0.25) is 14.4 Å². The molecule has 3 rings (SSSR count). The maximum Gasteiger partial charge on any atom is 0.400 e. The van der Waals surface area contributed by atoms with Crippen LogP contribution in [0.25, 0.3) is 0 Å². The van der Waals surface area contributed by atoms with E-state index in [-0.39, 0.29) is 12.1 Å². The fourth-order valence-electron chi connectivity index (χ4n) is 3.74. The maximum atomic E-state index is 14.9. The number of ketones is 1. The molecule has 0 aliphatic carbocycles. The zero-order valence-corrected chi connectivity index (χ0v) is 18.3. The van der Waals surface area contributed by atoms with Crippen molar-refractivity contribution in [2.75, 3.05) is 4.90 Å². The molecule has 4 N–H and O–H groups in total. The zero-order valence-electron chi connectivity index (χ0n) is 16.7. The summed E-state index contributed by atoms with van der Waals surface area (Å²) in [5.41, 5.74) is 11.2. The molecule has 2 aromatic carbocycles. The normalized spacial score (nSPS) is 19.7. The highest BCUT2D eigenvalue weighted by Crippen LogP contribution is 2.49. The molecule has 0 saturated carbocycles. The van der Waals surface area contributed by atoms with Gasteiger partial charge in [0.25, 0.3) is 5.91 Å². The number of ether oxygens (including phenoxy) is 1. The first-order chi connectivity index (χ1) is 14.9. The lowest BCUT2D eigenvalue weighted by Crippen LogP contribution is -2.55. The first-order valence-corrected chi connectivity index (χ1v) is 10.2. The number of nitrogens with zero attached hydrogens (tertiary/aromatic N) is 1. The Bertz CT molecular complexity index is 1060. The fraction of sp³-hybridized carbons (Fsp3) is 0.286. The first-order valence-electron chi connectivity index (χ1n) is 9.40. The number of rotatable bonds is 8.